The number of hydrogen-bond acceptors (Lipinski definition) is 7. The van der Waals surface area contributed by atoms with Crippen LogP contribution in [0.1, 0.15) is 15.4 Å². The molecule has 0 saturated heterocycles. The number of pyridine rings is 3. The molecule has 0 aromatic carbocycles. The van der Waals surface area contributed by atoms with Gasteiger partial charge in [-0.05, 0) is 37.3 Å². The zero-order valence-electron chi connectivity index (χ0n) is 16.2. The van der Waals surface area contributed by atoms with Crippen molar-refractivity contribution in [3.63, 3.8) is 0 Å². The van der Waals surface area contributed by atoms with Crippen LogP contribution in [0.15, 0.2) is 66.0 Å². The maximum atomic E-state index is 12.3. The van der Waals surface area contributed by atoms with Crippen molar-refractivity contribution in [3.8, 4) is 22.1 Å². The summed E-state index contributed by atoms with van der Waals surface area (Å²) in [5, 5.41) is 3.58. The Morgan fingerprint density at radius 2 is 1.97 bits per heavy atom. The number of aryl methyl sites for hydroxylation is 2. The number of thiazole rings is 1. The maximum absolute atomic E-state index is 12.3. The van der Waals surface area contributed by atoms with Gasteiger partial charge in [-0.15, -0.1) is 11.3 Å². The first-order chi connectivity index (χ1) is 14.5. The van der Waals surface area contributed by atoms with Crippen molar-refractivity contribution >= 4 is 23.1 Å². The van der Waals surface area contributed by atoms with E-state index < -0.39 is 5.91 Å². The topological polar surface area (TPSA) is 99.0 Å². The highest BCUT2D eigenvalue weighted by Crippen LogP contribution is 2.28. The SMILES string of the molecule is Cc1ncc(-c2cc(Oc3ccc(NC(=O)c4cccn(C)c4=O)nc3)ccn2)s1. The fourth-order valence-electron chi connectivity index (χ4n) is 2.69. The highest BCUT2D eigenvalue weighted by Gasteiger charge is 2.12. The van der Waals surface area contributed by atoms with Gasteiger partial charge in [0.05, 0.1) is 21.8 Å². The molecule has 0 spiro atoms. The number of hydrogen-bond donors (Lipinski definition) is 1. The molecule has 8 nitrogen and oxygen atoms in total. The van der Waals surface area contributed by atoms with Crippen LogP contribution in [0.4, 0.5) is 5.82 Å². The second kappa shape index (κ2) is 8.26. The van der Waals surface area contributed by atoms with Crippen LogP contribution in [-0.2, 0) is 7.05 Å². The summed E-state index contributed by atoms with van der Waals surface area (Å²) in [5.41, 5.74) is 0.448. The molecule has 1 N–H and O–H groups in total. The molecule has 0 atom stereocenters. The number of carbonyl (C=O) groups excluding carboxylic acids is 1. The van der Waals surface area contributed by atoms with Gasteiger partial charge >= 0.3 is 0 Å². The van der Waals surface area contributed by atoms with E-state index in [4.69, 9.17) is 4.74 Å². The number of anilines is 1. The van der Waals surface area contributed by atoms with E-state index in [9.17, 15) is 9.59 Å². The van der Waals surface area contributed by atoms with Crippen molar-refractivity contribution in [2.45, 2.75) is 6.92 Å². The van der Waals surface area contributed by atoms with Crippen LogP contribution in [0.25, 0.3) is 10.6 Å². The zero-order chi connectivity index (χ0) is 21.1. The Hall–Kier alpha value is -3.85. The van der Waals surface area contributed by atoms with Crippen LogP contribution in [-0.4, -0.2) is 25.4 Å². The molecule has 30 heavy (non-hydrogen) atoms. The molecule has 0 aliphatic rings. The van der Waals surface area contributed by atoms with Crippen molar-refractivity contribution in [3.05, 3.63) is 82.1 Å². The predicted molar refractivity (Wildman–Crippen MR) is 114 cm³/mol. The van der Waals surface area contributed by atoms with Crippen molar-refractivity contribution in [2.24, 2.45) is 7.05 Å². The van der Waals surface area contributed by atoms with Crippen molar-refractivity contribution < 1.29 is 9.53 Å². The maximum Gasteiger partial charge on any atom is 0.263 e. The summed E-state index contributed by atoms with van der Waals surface area (Å²) in [5.74, 6) is 0.906. The minimum absolute atomic E-state index is 0.0461. The van der Waals surface area contributed by atoms with E-state index in [-0.39, 0.29) is 11.1 Å². The highest BCUT2D eigenvalue weighted by atomic mass is 32.1. The number of rotatable bonds is 5. The lowest BCUT2D eigenvalue weighted by molar-refractivity contribution is 0.102. The molecule has 0 aliphatic heterocycles. The van der Waals surface area contributed by atoms with E-state index in [1.807, 2.05) is 13.0 Å². The summed E-state index contributed by atoms with van der Waals surface area (Å²) in [6, 6.07) is 9.97. The van der Waals surface area contributed by atoms with Gasteiger partial charge in [0.15, 0.2) is 0 Å². The van der Waals surface area contributed by atoms with Gasteiger partial charge in [-0.2, -0.15) is 0 Å². The third-order valence-corrected chi connectivity index (χ3v) is 5.12. The summed E-state index contributed by atoms with van der Waals surface area (Å²) < 4.78 is 7.19. The van der Waals surface area contributed by atoms with Gasteiger partial charge in [0.1, 0.15) is 22.9 Å². The fraction of sp³-hybridized carbons (Fsp3) is 0.0952. The van der Waals surface area contributed by atoms with E-state index >= 15 is 0 Å². The molecule has 4 rings (SSSR count). The molecule has 150 valence electrons. The first-order valence-electron chi connectivity index (χ1n) is 8.99. The normalized spacial score (nSPS) is 10.6. The average molecular weight is 419 g/mol. The van der Waals surface area contributed by atoms with E-state index in [1.54, 1.807) is 61.2 Å². The van der Waals surface area contributed by atoms with Gasteiger partial charge < -0.3 is 14.6 Å². The minimum atomic E-state index is -0.518. The summed E-state index contributed by atoms with van der Waals surface area (Å²) in [7, 11) is 1.59. The van der Waals surface area contributed by atoms with Crippen molar-refractivity contribution in [1.82, 2.24) is 19.5 Å². The van der Waals surface area contributed by atoms with E-state index in [0.29, 0.717) is 17.3 Å². The second-order valence-corrected chi connectivity index (χ2v) is 7.63. The molecule has 0 bridgehead atoms. The predicted octanol–water partition coefficient (Wildman–Crippen LogP) is 3.65. The quantitative estimate of drug-likeness (QED) is 0.530. The number of nitrogens with one attached hydrogen (secondary N) is 1. The lowest BCUT2D eigenvalue weighted by atomic mass is 10.2. The lowest BCUT2D eigenvalue weighted by Gasteiger charge is -2.08. The molecule has 0 aliphatic carbocycles. The third kappa shape index (κ3) is 4.26. The molecular formula is C21H17N5O3S. The van der Waals surface area contributed by atoms with Gasteiger partial charge in [0.25, 0.3) is 11.5 Å². The minimum Gasteiger partial charge on any atom is -0.456 e. The van der Waals surface area contributed by atoms with Crippen LogP contribution in [0.2, 0.25) is 0 Å². The molecule has 4 heterocycles. The fourth-order valence-corrected chi connectivity index (χ4v) is 3.44. The monoisotopic (exact) mass is 419 g/mol. The van der Waals surface area contributed by atoms with Gasteiger partial charge in [0, 0.05) is 31.7 Å². The lowest BCUT2D eigenvalue weighted by Crippen LogP contribution is -2.27. The number of ether oxygens (including phenoxy) is 1. The molecule has 9 heteroatoms. The Bertz CT molecular complexity index is 1260. The largest absolute Gasteiger partial charge is 0.456 e. The Kier molecular flexibility index (Phi) is 5.36. The summed E-state index contributed by atoms with van der Waals surface area (Å²) in [6.45, 7) is 1.94. The Labute approximate surface area is 175 Å². The molecule has 1 amide bonds. The Balaban J connectivity index is 1.46. The molecule has 0 radical (unpaired) electrons. The Morgan fingerprint density at radius 3 is 2.70 bits per heavy atom. The highest BCUT2D eigenvalue weighted by molar-refractivity contribution is 7.15. The van der Waals surface area contributed by atoms with E-state index in [0.717, 1.165) is 15.6 Å². The zero-order valence-corrected chi connectivity index (χ0v) is 17.0. The molecule has 4 aromatic rings. The van der Waals surface area contributed by atoms with Gasteiger partial charge in [-0.25, -0.2) is 9.97 Å². The number of aromatic nitrogens is 4. The van der Waals surface area contributed by atoms with Crippen LogP contribution in [0.3, 0.4) is 0 Å². The third-order valence-electron chi connectivity index (χ3n) is 4.19. The van der Waals surface area contributed by atoms with Crippen molar-refractivity contribution in [1.29, 1.82) is 0 Å². The van der Waals surface area contributed by atoms with Gasteiger partial charge in [-0.1, -0.05) is 0 Å². The van der Waals surface area contributed by atoms with Crippen LogP contribution >= 0.6 is 11.3 Å². The van der Waals surface area contributed by atoms with Crippen LogP contribution < -0.4 is 15.6 Å². The Morgan fingerprint density at radius 1 is 1.10 bits per heavy atom. The van der Waals surface area contributed by atoms with E-state index in [2.05, 4.69) is 20.3 Å². The summed E-state index contributed by atoms with van der Waals surface area (Å²) >= 11 is 1.56. The standard InChI is InChI=1S/C21H17N5O3S/c1-13-23-12-18(30-13)17-10-14(7-8-22-17)29-15-5-6-19(24-11-15)25-20(27)16-4-3-9-26(2)21(16)28/h3-12H,1-2H3,(H,24,25,27). The molecule has 0 saturated carbocycles. The van der Waals surface area contributed by atoms with E-state index in [1.165, 1.54) is 16.8 Å². The van der Waals surface area contributed by atoms with Crippen LogP contribution in [0.5, 0.6) is 11.5 Å². The molecule has 0 unspecified atom stereocenters. The first kappa shape index (κ1) is 19.5. The smallest absolute Gasteiger partial charge is 0.263 e. The first-order valence-corrected chi connectivity index (χ1v) is 9.81. The van der Waals surface area contributed by atoms with Crippen LogP contribution in [0, 0.1) is 6.92 Å². The number of carbonyl (C=O) groups is 1. The molecule has 0 fully saturated rings. The summed E-state index contributed by atoms with van der Waals surface area (Å²) in [4.78, 5) is 38.1. The number of amides is 1. The molecule has 4 aromatic heterocycles. The summed E-state index contributed by atoms with van der Waals surface area (Å²) in [6.07, 6.45) is 6.53. The average Bonchev–Trinajstić information content (AvgIpc) is 3.18. The number of nitrogens with zero attached hydrogens (tertiary/aromatic N) is 4. The van der Waals surface area contributed by atoms with Gasteiger partial charge in [-0.3, -0.25) is 14.6 Å². The van der Waals surface area contributed by atoms with Crippen molar-refractivity contribution in [2.75, 3.05) is 5.32 Å². The second-order valence-electron chi connectivity index (χ2n) is 6.39. The molecular weight excluding hydrogens is 402 g/mol. The van der Waals surface area contributed by atoms with Gasteiger partial charge in [0.2, 0.25) is 0 Å².